The molecular formula is C24H29ClFN5O2. The van der Waals surface area contributed by atoms with E-state index in [4.69, 9.17) is 17.0 Å². The van der Waals surface area contributed by atoms with Crippen molar-refractivity contribution in [3.05, 3.63) is 58.1 Å². The largest absolute Gasteiger partial charge is 0.379 e. The number of aromatic nitrogens is 1. The van der Waals surface area contributed by atoms with E-state index < -0.39 is 11.4 Å². The van der Waals surface area contributed by atoms with Crippen LogP contribution in [0.2, 0.25) is 5.02 Å². The Labute approximate surface area is 198 Å². The third-order valence-electron chi connectivity index (χ3n) is 5.58. The first-order valence-electron chi connectivity index (χ1n) is 10.9. The van der Waals surface area contributed by atoms with Gasteiger partial charge in [0.2, 0.25) is 5.91 Å². The molecule has 2 aromatic rings. The zero-order valence-electron chi connectivity index (χ0n) is 19.3. The second kappa shape index (κ2) is 9.87. The lowest BCUT2D eigenvalue weighted by Crippen LogP contribution is -2.63. The van der Waals surface area contributed by atoms with Gasteiger partial charge in [0.1, 0.15) is 22.7 Å². The Morgan fingerprint density at radius 1 is 1.33 bits per heavy atom. The fourth-order valence-electron chi connectivity index (χ4n) is 3.70. The van der Waals surface area contributed by atoms with Crippen molar-refractivity contribution in [2.45, 2.75) is 46.2 Å². The summed E-state index contributed by atoms with van der Waals surface area (Å²) in [6.45, 7) is 8.44. The Kier molecular flexibility index (Phi) is 7.37. The van der Waals surface area contributed by atoms with E-state index in [2.05, 4.69) is 15.6 Å². The minimum Gasteiger partial charge on any atom is -0.379 e. The fraction of sp³-hybridized carbons (Fsp3) is 0.417. The molecule has 0 radical (unpaired) electrons. The molecule has 0 atom stereocenters. The van der Waals surface area contributed by atoms with Crippen LogP contribution in [-0.2, 0) is 11.3 Å². The Bertz CT molecular complexity index is 1090. The van der Waals surface area contributed by atoms with Crippen molar-refractivity contribution in [2.24, 2.45) is 5.92 Å². The Balaban J connectivity index is 1.91. The minimum absolute atomic E-state index is 0.0528. The molecule has 176 valence electrons. The second-order valence-corrected chi connectivity index (χ2v) is 9.45. The third-order valence-corrected chi connectivity index (χ3v) is 5.88. The van der Waals surface area contributed by atoms with Gasteiger partial charge in [-0.3, -0.25) is 9.59 Å². The molecule has 1 fully saturated rings. The zero-order chi connectivity index (χ0) is 24.3. The topological polar surface area (TPSA) is 98.2 Å². The highest BCUT2D eigenvalue weighted by molar-refractivity contribution is 6.30. The van der Waals surface area contributed by atoms with Crippen LogP contribution in [-0.4, -0.2) is 46.0 Å². The molecule has 9 heteroatoms. The molecule has 1 aromatic heterocycles. The number of piperazine rings is 1. The second-order valence-electron chi connectivity index (χ2n) is 9.04. The number of pyridine rings is 1. The summed E-state index contributed by atoms with van der Waals surface area (Å²) in [5.41, 5.74) is 1.08. The Morgan fingerprint density at radius 2 is 2.06 bits per heavy atom. The monoisotopic (exact) mass is 473 g/mol. The molecule has 0 bridgehead atoms. The fourth-order valence-corrected chi connectivity index (χ4v) is 3.81. The Morgan fingerprint density at radius 3 is 2.73 bits per heavy atom. The van der Waals surface area contributed by atoms with Gasteiger partial charge in [-0.1, -0.05) is 31.5 Å². The van der Waals surface area contributed by atoms with Gasteiger partial charge in [0.15, 0.2) is 0 Å². The van der Waals surface area contributed by atoms with Crippen LogP contribution in [0.1, 0.15) is 55.9 Å². The molecule has 2 amide bonds. The molecule has 3 N–H and O–H groups in total. The average Bonchev–Trinajstić information content (AvgIpc) is 2.75. The molecule has 1 aliphatic heterocycles. The summed E-state index contributed by atoms with van der Waals surface area (Å²) in [6, 6.07) is 7.84. The van der Waals surface area contributed by atoms with Crippen LogP contribution in [0.3, 0.4) is 0 Å². The molecular weight excluding hydrogens is 445 g/mol. The van der Waals surface area contributed by atoms with Gasteiger partial charge in [0.05, 0.1) is 16.4 Å². The molecule has 0 spiro atoms. The number of carbonyl (C=O) groups excluding carboxylic acids is 2. The highest BCUT2D eigenvalue weighted by Crippen LogP contribution is 2.24. The van der Waals surface area contributed by atoms with Gasteiger partial charge in [-0.2, -0.15) is 0 Å². The molecule has 33 heavy (non-hydrogen) atoms. The van der Waals surface area contributed by atoms with Gasteiger partial charge in [-0.15, -0.1) is 0 Å². The van der Waals surface area contributed by atoms with Crippen molar-refractivity contribution in [1.82, 2.24) is 15.2 Å². The minimum atomic E-state index is -1.00. The SMILES string of the molecule is CC(C)CC(=N)c1nc(C(=O)N2CCNC(=O)C2(C)C)ccc1NCc1ccc(Cl)c(F)c1. The number of hydrogen-bond acceptors (Lipinski definition) is 5. The van der Waals surface area contributed by atoms with E-state index >= 15 is 0 Å². The molecule has 1 saturated heterocycles. The summed E-state index contributed by atoms with van der Waals surface area (Å²) in [6.07, 6.45) is 0.479. The summed E-state index contributed by atoms with van der Waals surface area (Å²) in [5, 5.41) is 14.6. The number of amides is 2. The van der Waals surface area contributed by atoms with Crippen molar-refractivity contribution < 1.29 is 14.0 Å². The number of hydrogen-bond donors (Lipinski definition) is 3. The summed E-state index contributed by atoms with van der Waals surface area (Å²) in [4.78, 5) is 31.6. The van der Waals surface area contributed by atoms with Gasteiger partial charge in [-0.25, -0.2) is 9.37 Å². The average molecular weight is 474 g/mol. The predicted octanol–water partition coefficient (Wildman–Crippen LogP) is 4.25. The molecule has 7 nitrogen and oxygen atoms in total. The van der Waals surface area contributed by atoms with Crippen LogP contribution in [0, 0.1) is 17.1 Å². The van der Waals surface area contributed by atoms with Crippen LogP contribution in [0.4, 0.5) is 10.1 Å². The van der Waals surface area contributed by atoms with Crippen LogP contribution >= 0.6 is 11.6 Å². The molecule has 1 aromatic carbocycles. The van der Waals surface area contributed by atoms with E-state index in [1.165, 1.54) is 17.0 Å². The van der Waals surface area contributed by atoms with Crippen LogP contribution in [0.5, 0.6) is 0 Å². The first kappa shape index (κ1) is 24.6. The van der Waals surface area contributed by atoms with Crippen LogP contribution < -0.4 is 10.6 Å². The number of anilines is 1. The lowest BCUT2D eigenvalue weighted by atomic mass is 9.98. The number of rotatable bonds is 7. The van der Waals surface area contributed by atoms with Gasteiger partial charge in [-0.05, 0) is 56.0 Å². The number of carbonyl (C=O) groups is 2. The molecule has 0 aliphatic carbocycles. The lowest BCUT2D eigenvalue weighted by Gasteiger charge is -2.41. The molecule has 1 aliphatic rings. The number of nitrogens with one attached hydrogen (secondary N) is 3. The maximum Gasteiger partial charge on any atom is 0.273 e. The van der Waals surface area contributed by atoms with E-state index in [1.54, 1.807) is 32.0 Å². The van der Waals surface area contributed by atoms with E-state index in [1.807, 2.05) is 13.8 Å². The molecule has 0 saturated carbocycles. The standard InChI is InChI=1S/C24H29ClFN5O2/c1-14(2)11-18(27)21-19(29-13-15-5-6-16(25)17(26)12-15)7-8-20(30-21)22(32)31-10-9-28-23(33)24(31,3)4/h5-8,12,14,27,29H,9-11,13H2,1-4H3,(H,28,33). The van der Waals surface area contributed by atoms with Gasteiger partial charge in [0, 0.05) is 19.6 Å². The van der Waals surface area contributed by atoms with E-state index in [0.717, 1.165) is 0 Å². The summed E-state index contributed by atoms with van der Waals surface area (Å²) < 4.78 is 13.8. The third kappa shape index (κ3) is 5.50. The highest BCUT2D eigenvalue weighted by atomic mass is 35.5. The molecule has 2 heterocycles. The smallest absolute Gasteiger partial charge is 0.273 e. The number of benzene rings is 1. The van der Waals surface area contributed by atoms with Gasteiger partial charge in [0.25, 0.3) is 5.91 Å². The van der Waals surface area contributed by atoms with Crippen LogP contribution in [0.15, 0.2) is 30.3 Å². The molecule has 0 unspecified atom stereocenters. The van der Waals surface area contributed by atoms with Gasteiger partial charge >= 0.3 is 0 Å². The maximum absolute atomic E-state index is 13.8. The highest BCUT2D eigenvalue weighted by Gasteiger charge is 2.41. The summed E-state index contributed by atoms with van der Waals surface area (Å²) in [7, 11) is 0. The number of nitrogens with zero attached hydrogens (tertiary/aromatic N) is 2. The first-order chi connectivity index (χ1) is 15.5. The lowest BCUT2D eigenvalue weighted by molar-refractivity contribution is -0.133. The van der Waals surface area contributed by atoms with Crippen molar-refractivity contribution in [3.63, 3.8) is 0 Å². The van der Waals surface area contributed by atoms with Crippen molar-refractivity contribution in [2.75, 3.05) is 18.4 Å². The first-order valence-corrected chi connectivity index (χ1v) is 11.3. The van der Waals surface area contributed by atoms with E-state index in [-0.39, 0.29) is 28.4 Å². The predicted molar refractivity (Wildman–Crippen MR) is 127 cm³/mol. The number of halogens is 2. The maximum atomic E-state index is 13.8. The summed E-state index contributed by atoms with van der Waals surface area (Å²) in [5.74, 6) is -0.860. The molecule has 3 rings (SSSR count). The van der Waals surface area contributed by atoms with Crippen LogP contribution in [0.25, 0.3) is 0 Å². The van der Waals surface area contributed by atoms with Crippen molar-refractivity contribution in [3.8, 4) is 0 Å². The summed E-state index contributed by atoms with van der Waals surface area (Å²) >= 11 is 5.76. The van der Waals surface area contributed by atoms with E-state index in [9.17, 15) is 14.0 Å². The quantitative estimate of drug-likeness (QED) is 0.523. The van der Waals surface area contributed by atoms with Crippen molar-refractivity contribution >= 4 is 34.8 Å². The zero-order valence-corrected chi connectivity index (χ0v) is 20.0. The normalized spacial score (nSPS) is 15.4. The Hall–Kier alpha value is -3.00. The van der Waals surface area contributed by atoms with E-state index in [0.29, 0.717) is 48.7 Å². The van der Waals surface area contributed by atoms with Gasteiger partial charge < -0.3 is 20.9 Å². The van der Waals surface area contributed by atoms with Crippen molar-refractivity contribution in [1.29, 1.82) is 5.41 Å².